The normalized spacial score (nSPS) is 20.8. The van der Waals surface area contributed by atoms with E-state index in [9.17, 15) is 5.11 Å². The van der Waals surface area contributed by atoms with Gasteiger partial charge in [-0.15, -0.1) is 24.8 Å². The van der Waals surface area contributed by atoms with E-state index in [-0.39, 0.29) is 30.6 Å². The van der Waals surface area contributed by atoms with Crippen LogP contribution in [-0.2, 0) is 4.74 Å². The van der Waals surface area contributed by atoms with E-state index in [1.165, 1.54) is 5.56 Å². The van der Waals surface area contributed by atoms with E-state index in [2.05, 4.69) is 54.2 Å². The van der Waals surface area contributed by atoms with Crippen LogP contribution in [0.4, 0.5) is 0 Å². The molecule has 2 fully saturated rings. The van der Waals surface area contributed by atoms with Crippen LogP contribution in [0.5, 0.6) is 5.75 Å². The lowest BCUT2D eigenvalue weighted by atomic mass is 9.85. The van der Waals surface area contributed by atoms with Crippen molar-refractivity contribution in [3.63, 3.8) is 0 Å². The summed E-state index contributed by atoms with van der Waals surface area (Å²) in [7, 11) is 0. The SMILES string of the molecule is Cl.Cl.Oc1c(Br)cc([C@@H](C2CCOCC2)N2CCNCC2)cc1Br. The van der Waals surface area contributed by atoms with Crippen LogP contribution in [0, 0.1) is 5.92 Å². The van der Waals surface area contributed by atoms with Crippen LogP contribution in [0.1, 0.15) is 24.4 Å². The molecule has 2 heterocycles. The molecular weight excluding hydrogens is 483 g/mol. The van der Waals surface area contributed by atoms with Crippen LogP contribution in [0.15, 0.2) is 21.1 Å². The van der Waals surface area contributed by atoms with E-state index in [4.69, 9.17) is 4.74 Å². The second-order valence-corrected chi connectivity index (χ2v) is 7.72. The van der Waals surface area contributed by atoms with Gasteiger partial charge in [-0.25, -0.2) is 0 Å². The van der Waals surface area contributed by atoms with Crippen LogP contribution in [0.3, 0.4) is 0 Å². The summed E-state index contributed by atoms with van der Waals surface area (Å²) in [5.74, 6) is 0.880. The lowest BCUT2D eigenvalue weighted by Gasteiger charge is -2.41. The van der Waals surface area contributed by atoms with Gasteiger partial charge >= 0.3 is 0 Å². The van der Waals surface area contributed by atoms with Crippen molar-refractivity contribution in [1.82, 2.24) is 10.2 Å². The Morgan fingerprint density at radius 2 is 1.62 bits per heavy atom. The topological polar surface area (TPSA) is 44.7 Å². The van der Waals surface area contributed by atoms with Gasteiger partial charge in [0.25, 0.3) is 0 Å². The molecule has 1 atom stereocenters. The van der Waals surface area contributed by atoms with E-state index >= 15 is 0 Å². The third kappa shape index (κ3) is 5.22. The van der Waals surface area contributed by atoms with Crippen LogP contribution < -0.4 is 5.32 Å². The molecule has 0 aromatic heterocycles. The van der Waals surface area contributed by atoms with Gasteiger partial charge in [0.15, 0.2) is 0 Å². The Morgan fingerprint density at radius 3 is 2.17 bits per heavy atom. The minimum absolute atomic E-state index is 0. The van der Waals surface area contributed by atoms with Gasteiger partial charge in [0, 0.05) is 45.4 Å². The number of aromatic hydroxyl groups is 1. The standard InChI is InChI=1S/C16H22Br2N2O2.2ClH/c17-13-9-12(10-14(18)16(13)21)15(11-1-7-22-8-2-11)20-5-3-19-4-6-20;;/h9-11,15,19,21H,1-8H2;2*1H/t15-;;/m1../s1. The fraction of sp³-hybridized carbons (Fsp3) is 0.625. The maximum absolute atomic E-state index is 10.00. The molecule has 2 aliphatic rings. The third-order valence-corrected chi connectivity index (χ3v) is 5.85. The molecule has 0 bridgehead atoms. The maximum Gasteiger partial charge on any atom is 0.143 e. The lowest BCUT2D eigenvalue weighted by Crippen LogP contribution is -2.47. The number of nitrogens with zero attached hydrogens (tertiary/aromatic N) is 1. The molecule has 1 aromatic rings. The first-order valence-electron chi connectivity index (χ1n) is 7.87. The van der Waals surface area contributed by atoms with Gasteiger partial charge in [0.05, 0.1) is 8.95 Å². The van der Waals surface area contributed by atoms with Crippen LogP contribution >= 0.6 is 56.7 Å². The summed E-state index contributed by atoms with van der Waals surface area (Å²) in [4.78, 5) is 2.58. The zero-order valence-corrected chi connectivity index (χ0v) is 18.1. The van der Waals surface area contributed by atoms with Crippen molar-refractivity contribution in [1.29, 1.82) is 0 Å². The second kappa shape index (κ2) is 10.6. The average Bonchev–Trinajstić information content (AvgIpc) is 2.55. The first-order valence-corrected chi connectivity index (χ1v) is 9.46. The monoisotopic (exact) mass is 504 g/mol. The molecule has 0 spiro atoms. The van der Waals surface area contributed by atoms with E-state index in [1.807, 2.05) is 0 Å². The molecule has 138 valence electrons. The van der Waals surface area contributed by atoms with Gasteiger partial charge in [-0.05, 0) is 68.3 Å². The summed E-state index contributed by atoms with van der Waals surface area (Å²) in [5.41, 5.74) is 1.27. The molecule has 0 saturated carbocycles. The number of nitrogens with one attached hydrogen (secondary N) is 1. The second-order valence-electron chi connectivity index (χ2n) is 6.01. The Bertz CT molecular complexity index is 484. The molecule has 0 unspecified atom stereocenters. The maximum atomic E-state index is 10.00. The largest absolute Gasteiger partial charge is 0.506 e. The molecule has 8 heteroatoms. The van der Waals surface area contributed by atoms with E-state index in [0.29, 0.717) is 12.0 Å². The van der Waals surface area contributed by atoms with Crippen molar-refractivity contribution in [2.75, 3.05) is 39.4 Å². The molecule has 24 heavy (non-hydrogen) atoms. The molecule has 2 N–H and O–H groups in total. The zero-order valence-electron chi connectivity index (χ0n) is 13.3. The van der Waals surface area contributed by atoms with Gasteiger partial charge in [0.2, 0.25) is 0 Å². The summed E-state index contributed by atoms with van der Waals surface area (Å²) < 4.78 is 7.06. The lowest BCUT2D eigenvalue weighted by molar-refractivity contribution is 0.0212. The predicted molar refractivity (Wildman–Crippen MR) is 109 cm³/mol. The first-order chi connectivity index (χ1) is 10.7. The fourth-order valence-corrected chi connectivity index (χ4v) is 4.75. The molecule has 2 saturated heterocycles. The van der Waals surface area contributed by atoms with Crippen molar-refractivity contribution in [3.8, 4) is 5.75 Å². The van der Waals surface area contributed by atoms with Gasteiger partial charge in [-0.3, -0.25) is 4.90 Å². The van der Waals surface area contributed by atoms with Crippen molar-refractivity contribution >= 4 is 56.7 Å². The summed E-state index contributed by atoms with van der Waals surface area (Å²) in [6.45, 7) is 5.93. The number of piperazine rings is 1. The summed E-state index contributed by atoms with van der Waals surface area (Å²) >= 11 is 6.96. The van der Waals surface area contributed by atoms with E-state index in [1.54, 1.807) is 0 Å². The first kappa shape index (κ1) is 22.5. The molecule has 0 radical (unpaired) electrons. The van der Waals surface area contributed by atoms with E-state index in [0.717, 1.165) is 61.2 Å². The highest BCUT2D eigenvalue weighted by atomic mass is 79.9. The highest BCUT2D eigenvalue weighted by Gasteiger charge is 2.31. The molecule has 0 amide bonds. The van der Waals surface area contributed by atoms with Crippen LogP contribution in [0.25, 0.3) is 0 Å². The number of halogens is 4. The molecule has 1 aromatic carbocycles. The highest BCUT2D eigenvalue weighted by molar-refractivity contribution is 9.11. The third-order valence-electron chi connectivity index (χ3n) is 4.64. The minimum Gasteiger partial charge on any atom is -0.506 e. The number of rotatable bonds is 3. The Morgan fingerprint density at radius 1 is 1.08 bits per heavy atom. The quantitative estimate of drug-likeness (QED) is 0.647. The smallest absolute Gasteiger partial charge is 0.143 e. The minimum atomic E-state index is 0. The fourth-order valence-electron chi connectivity index (χ4n) is 3.53. The molecular formula is C16H24Br2Cl2N2O2. The number of benzene rings is 1. The summed E-state index contributed by atoms with van der Waals surface area (Å²) in [5, 5.41) is 13.4. The summed E-state index contributed by atoms with van der Waals surface area (Å²) in [6.07, 6.45) is 2.20. The number of phenolic OH excluding ortho intramolecular Hbond substituents is 1. The molecule has 0 aliphatic carbocycles. The van der Waals surface area contributed by atoms with E-state index < -0.39 is 0 Å². The van der Waals surface area contributed by atoms with Gasteiger partial charge in [-0.1, -0.05) is 0 Å². The number of phenols is 1. The zero-order chi connectivity index (χ0) is 15.5. The number of ether oxygens (including phenoxy) is 1. The molecule has 2 aliphatic heterocycles. The average molecular weight is 507 g/mol. The predicted octanol–water partition coefficient (Wildman–Crippen LogP) is 4.13. The van der Waals surface area contributed by atoms with Gasteiger partial charge in [0.1, 0.15) is 5.75 Å². The summed E-state index contributed by atoms with van der Waals surface area (Å²) in [6, 6.07) is 4.53. The Hall–Kier alpha value is 0.440. The number of hydrogen-bond acceptors (Lipinski definition) is 4. The van der Waals surface area contributed by atoms with Crippen molar-refractivity contribution in [2.45, 2.75) is 18.9 Å². The Labute approximate surface area is 172 Å². The molecule has 3 rings (SSSR count). The van der Waals surface area contributed by atoms with Crippen molar-refractivity contribution in [3.05, 3.63) is 26.6 Å². The van der Waals surface area contributed by atoms with Gasteiger partial charge in [-0.2, -0.15) is 0 Å². The van der Waals surface area contributed by atoms with Crippen molar-refractivity contribution in [2.24, 2.45) is 5.92 Å². The van der Waals surface area contributed by atoms with Crippen molar-refractivity contribution < 1.29 is 9.84 Å². The van der Waals surface area contributed by atoms with Crippen LogP contribution in [-0.4, -0.2) is 49.4 Å². The van der Waals surface area contributed by atoms with Crippen LogP contribution in [0.2, 0.25) is 0 Å². The van der Waals surface area contributed by atoms with Gasteiger partial charge < -0.3 is 15.2 Å². The highest BCUT2D eigenvalue weighted by Crippen LogP contribution is 2.41. The number of hydrogen-bond donors (Lipinski definition) is 2. The molecule has 4 nitrogen and oxygen atoms in total. The Balaban J connectivity index is 0.00000144. The Kier molecular flexibility index (Phi) is 9.89.